The molecule has 1 rings (SSSR count). The highest BCUT2D eigenvalue weighted by Gasteiger charge is 2.13. The topological polar surface area (TPSA) is 21.3 Å². The molecule has 0 bridgehead atoms. The SMILES string of the molecule is C/C(=C\C1CCCO1)CNC(C)(C)C. The average molecular weight is 197 g/mol. The van der Waals surface area contributed by atoms with Crippen LogP contribution in [0.2, 0.25) is 0 Å². The van der Waals surface area contributed by atoms with E-state index in [-0.39, 0.29) is 5.54 Å². The van der Waals surface area contributed by atoms with Crippen molar-refractivity contribution in [3.8, 4) is 0 Å². The molecule has 14 heavy (non-hydrogen) atoms. The number of ether oxygens (including phenoxy) is 1. The Labute approximate surface area is 87.7 Å². The number of hydrogen-bond acceptors (Lipinski definition) is 2. The molecule has 2 heteroatoms. The Kier molecular flexibility index (Phi) is 4.14. The molecule has 1 aliphatic heterocycles. The summed E-state index contributed by atoms with van der Waals surface area (Å²) in [5, 5.41) is 3.47. The van der Waals surface area contributed by atoms with Crippen LogP contribution in [0, 0.1) is 0 Å². The molecule has 1 heterocycles. The Morgan fingerprint density at radius 2 is 2.21 bits per heavy atom. The van der Waals surface area contributed by atoms with Gasteiger partial charge in [-0.05, 0) is 40.5 Å². The summed E-state index contributed by atoms with van der Waals surface area (Å²) in [6, 6.07) is 0. The average Bonchev–Trinajstić information content (AvgIpc) is 2.52. The van der Waals surface area contributed by atoms with Crippen molar-refractivity contribution in [2.45, 2.75) is 52.2 Å². The Morgan fingerprint density at radius 1 is 1.50 bits per heavy atom. The molecule has 1 saturated heterocycles. The first kappa shape index (κ1) is 11.7. The van der Waals surface area contributed by atoms with Crippen LogP contribution in [0.1, 0.15) is 40.5 Å². The van der Waals surface area contributed by atoms with Crippen LogP contribution in [0.25, 0.3) is 0 Å². The molecule has 1 unspecified atom stereocenters. The molecule has 0 saturated carbocycles. The Balaban J connectivity index is 2.29. The summed E-state index contributed by atoms with van der Waals surface area (Å²) >= 11 is 0. The maximum absolute atomic E-state index is 5.55. The van der Waals surface area contributed by atoms with Gasteiger partial charge in [-0.25, -0.2) is 0 Å². The molecular formula is C12H23NO. The van der Waals surface area contributed by atoms with Gasteiger partial charge in [-0.3, -0.25) is 0 Å². The number of hydrogen-bond donors (Lipinski definition) is 1. The Bertz CT molecular complexity index is 197. The van der Waals surface area contributed by atoms with Crippen molar-refractivity contribution in [2.75, 3.05) is 13.2 Å². The van der Waals surface area contributed by atoms with Crippen molar-refractivity contribution in [2.24, 2.45) is 0 Å². The second-order valence-corrected chi connectivity index (χ2v) is 5.17. The van der Waals surface area contributed by atoms with Gasteiger partial charge in [-0.1, -0.05) is 11.6 Å². The molecule has 1 aliphatic rings. The summed E-state index contributed by atoms with van der Waals surface area (Å²) < 4.78 is 5.55. The van der Waals surface area contributed by atoms with E-state index in [0.717, 1.165) is 13.2 Å². The molecule has 0 aliphatic carbocycles. The van der Waals surface area contributed by atoms with Gasteiger partial charge in [0.05, 0.1) is 6.10 Å². The zero-order chi connectivity index (χ0) is 10.6. The minimum Gasteiger partial charge on any atom is -0.374 e. The summed E-state index contributed by atoms with van der Waals surface area (Å²) in [7, 11) is 0. The van der Waals surface area contributed by atoms with Gasteiger partial charge in [0.2, 0.25) is 0 Å². The minimum absolute atomic E-state index is 0.200. The van der Waals surface area contributed by atoms with Gasteiger partial charge < -0.3 is 10.1 Å². The highest BCUT2D eigenvalue weighted by molar-refractivity contribution is 5.05. The predicted octanol–water partition coefficient (Wildman–Crippen LogP) is 2.50. The molecular weight excluding hydrogens is 174 g/mol. The van der Waals surface area contributed by atoms with E-state index in [2.05, 4.69) is 39.1 Å². The second kappa shape index (κ2) is 4.94. The van der Waals surface area contributed by atoms with Crippen LogP contribution in [0.5, 0.6) is 0 Å². The molecule has 0 aromatic rings. The fourth-order valence-electron chi connectivity index (χ4n) is 1.51. The standard InChI is InChI=1S/C12H23NO/c1-10(9-13-12(2,3)4)8-11-6-5-7-14-11/h8,11,13H,5-7,9H2,1-4H3/b10-8+. The summed E-state index contributed by atoms with van der Waals surface area (Å²) in [5.74, 6) is 0. The van der Waals surface area contributed by atoms with Crippen LogP contribution in [-0.2, 0) is 4.74 Å². The van der Waals surface area contributed by atoms with E-state index in [1.165, 1.54) is 18.4 Å². The lowest BCUT2D eigenvalue weighted by atomic mass is 10.1. The van der Waals surface area contributed by atoms with Gasteiger partial charge in [-0.15, -0.1) is 0 Å². The minimum atomic E-state index is 0.200. The van der Waals surface area contributed by atoms with Crippen LogP contribution in [-0.4, -0.2) is 24.8 Å². The van der Waals surface area contributed by atoms with Crippen LogP contribution in [0.3, 0.4) is 0 Å². The lowest BCUT2D eigenvalue weighted by Crippen LogP contribution is -2.36. The van der Waals surface area contributed by atoms with Gasteiger partial charge in [-0.2, -0.15) is 0 Å². The lowest BCUT2D eigenvalue weighted by molar-refractivity contribution is 0.145. The third kappa shape index (κ3) is 4.77. The summed E-state index contributed by atoms with van der Waals surface area (Å²) in [6.07, 6.45) is 5.02. The quantitative estimate of drug-likeness (QED) is 0.702. The molecule has 0 spiro atoms. The maximum atomic E-state index is 5.55. The molecule has 1 atom stereocenters. The van der Waals surface area contributed by atoms with E-state index in [0.29, 0.717) is 6.10 Å². The third-order valence-corrected chi connectivity index (χ3v) is 2.33. The van der Waals surface area contributed by atoms with E-state index in [9.17, 15) is 0 Å². The molecule has 0 radical (unpaired) electrons. The fourth-order valence-corrected chi connectivity index (χ4v) is 1.51. The largest absolute Gasteiger partial charge is 0.374 e. The van der Waals surface area contributed by atoms with Gasteiger partial charge >= 0.3 is 0 Å². The zero-order valence-corrected chi connectivity index (χ0v) is 9.89. The molecule has 0 amide bonds. The predicted molar refractivity (Wildman–Crippen MR) is 60.5 cm³/mol. The molecule has 0 aromatic carbocycles. The first-order valence-electron chi connectivity index (χ1n) is 5.51. The van der Waals surface area contributed by atoms with Gasteiger partial charge in [0.15, 0.2) is 0 Å². The first-order chi connectivity index (χ1) is 6.47. The fraction of sp³-hybridized carbons (Fsp3) is 0.833. The monoisotopic (exact) mass is 197 g/mol. The van der Waals surface area contributed by atoms with Crippen LogP contribution in [0.4, 0.5) is 0 Å². The Morgan fingerprint density at radius 3 is 2.71 bits per heavy atom. The molecule has 2 nitrogen and oxygen atoms in total. The van der Waals surface area contributed by atoms with Crippen molar-refractivity contribution in [3.63, 3.8) is 0 Å². The zero-order valence-electron chi connectivity index (χ0n) is 9.89. The molecule has 1 fully saturated rings. The van der Waals surface area contributed by atoms with Crippen molar-refractivity contribution in [1.29, 1.82) is 0 Å². The smallest absolute Gasteiger partial charge is 0.0759 e. The highest BCUT2D eigenvalue weighted by atomic mass is 16.5. The highest BCUT2D eigenvalue weighted by Crippen LogP contribution is 2.14. The van der Waals surface area contributed by atoms with Gasteiger partial charge in [0.25, 0.3) is 0 Å². The first-order valence-corrected chi connectivity index (χ1v) is 5.51. The molecule has 0 aromatic heterocycles. The van der Waals surface area contributed by atoms with Crippen molar-refractivity contribution in [3.05, 3.63) is 11.6 Å². The normalized spacial score (nSPS) is 24.3. The van der Waals surface area contributed by atoms with Crippen LogP contribution < -0.4 is 5.32 Å². The van der Waals surface area contributed by atoms with E-state index in [4.69, 9.17) is 4.74 Å². The lowest BCUT2D eigenvalue weighted by Gasteiger charge is -2.21. The van der Waals surface area contributed by atoms with Crippen LogP contribution in [0.15, 0.2) is 11.6 Å². The summed E-state index contributed by atoms with van der Waals surface area (Å²) in [4.78, 5) is 0. The molecule has 82 valence electrons. The van der Waals surface area contributed by atoms with Gasteiger partial charge in [0, 0.05) is 18.7 Å². The Hall–Kier alpha value is -0.340. The number of rotatable bonds is 3. The molecule has 1 N–H and O–H groups in total. The van der Waals surface area contributed by atoms with Crippen molar-refractivity contribution < 1.29 is 4.74 Å². The van der Waals surface area contributed by atoms with Crippen molar-refractivity contribution >= 4 is 0 Å². The van der Waals surface area contributed by atoms with Crippen LogP contribution >= 0.6 is 0 Å². The van der Waals surface area contributed by atoms with E-state index in [1.54, 1.807) is 0 Å². The number of nitrogens with one attached hydrogen (secondary N) is 1. The summed E-state index contributed by atoms with van der Waals surface area (Å²) in [6.45, 7) is 10.6. The third-order valence-electron chi connectivity index (χ3n) is 2.33. The van der Waals surface area contributed by atoms with Gasteiger partial charge in [0.1, 0.15) is 0 Å². The maximum Gasteiger partial charge on any atom is 0.0759 e. The van der Waals surface area contributed by atoms with E-state index < -0.39 is 0 Å². The van der Waals surface area contributed by atoms with Crippen molar-refractivity contribution in [1.82, 2.24) is 5.32 Å². The van der Waals surface area contributed by atoms with E-state index >= 15 is 0 Å². The summed E-state index contributed by atoms with van der Waals surface area (Å²) in [5.41, 5.74) is 1.58. The van der Waals surface area contributed by atoms with E-state index in [1.807, 2.05) is 0 Å². The second-order valence-electron chi connectivity index (χ2n) is 5.17.